The minimum atomic E-state index is -0.723. The quantitative estimate of drug-likeness (QED) is 0.763. The maximum absolute atomic E-state index is 13.7. The molecule has 2 aliphatic heterocycles. The smallest absolute Gasteiger partial charge is 0.231 e. The van der Waals surface area contributed by atoms with Crippen LogP contribution in [0.2, 0.25) is 0 Å². The number of hydrogen-bond acceptors (Lipinski definition) is 4. The van der Waals surface area contributed by atoms with E-state index < -0.39 is 5.82 Å². The van der Waals surface area contributed by atoms with Crippen LogP contribution in [-0.2, 0) is 0 Å². The van der Waals surface area contributed by atoms with Crippen LogP contribution < -0.4 is 14.8 Å². The molecule has 5 heteroatoms. The molecule has 3 rings (SSSR count). The molecule has 2 N–H and O–H groups in total. The Bertz CT molecular complexity index is 430. The van der Waals surface area contributed by atoms with Gasteiger partial charge in [0.15, 0.2) is 11.5 Å². The molecular formula is C11H12FNO3. The second-order valence-electron chi connectivity index (χ2n) is 4.01. The third-order valence-electron chi connectivity index (χ3n) is 3.04. The number of rotatable bonds is 1. The molecular weight excluding hydrogens is 213 g/mol. The number of aromatic hydroxyl groups is 1. The van der Waals surface area contributed by atoms with Crippen LogP contribution in [-0.4, -0.2) is 18.4 Å². The number of hydrogen-bond donors (Lipinski definition) is 2. The SMILES string of the molecule is Oc1c(C2CCCN2)cc2c(c1F)OCO2. The largest absolute Gasteiger partial charge is 0.504 e. The zero-order valence-electron chi connectivity index (χ0n) is 8.62. The number of nitrogens with one attached hydrogen (secondary N) is 1. The molecule has 1 aromatic rings. The maximum atomic E-state index is 13.7. The standard InChI is InChI=1S/C11H12FNO3/c12-9-10(14)6(7-2-1-3-13-7)4-8-11(9)16-5-15-8/h4,7,13-14H,1-3,5H2. The monoisotopic (exact) mass is 225 g/mol. The summed E-state index contributed by atoms with van der Waals surface area (Å²) in [7, 11) is 0. The Kier molecular flexibility index (Phi) is 2.14. The maximum Gasteiger partial charge on any atom is 0.231 e. The second-order valence-corrected chi connectivity index (χ2v) is 4.01. The summed E-state index contributed by atoms with van der Waals surface area (Å²) in [5.41, 5.74) is 0.555. The fourth-order valence-electron chi connectivity index (χ4n) is 2.23. The highest BCUT2D eigenvalue weighted by molar-refractivity contribution is 5.53. The summed E-state index contributed by atoms with van der Waals surface area (Å²) >= 11 is 0. The first-order valence-electron chi connectivity index (χ1n) is 5.31. The van der Waals surface area contributed by atoms with Crippen molar-refractivity contribution in [1.82, 2.24) is 5.32 Å². The van der Waals surface area contributed by atoms with Crippen molar-refractivity contribution in [2.24, 2.45) is 0 Å². The number of halogens is 1. The lowest BCUT2D eigenvalue weighted by atomic mass is 10.0. The Morgan fingerprint density at radius 3 is 3.06 bits per heavy atom. The van der Waals surface area contributed by atoms with Crippen LogP contribution >= 0.6 is 0 Å². The van der Waals surface area contributed by atoms with Crippen molar-refractivity contribution in [3.63, 3.8) is 0 Å². The molecule has 0 amide bonds. The van der Waals surface area contributed by atoms with Crippen molar-refractivity contribution < 1.29 is 19.0 Å². The van der Waals surface area contributed by atoms with Crippen molar-refractivity contribution in [3.8, 4) is 17.2 Å². The minimum absolute atomic E-state index is 0.00370. The van der Waals surface area contributed by atoms with Gasteiger partial charge in [-0.15, -0.1) is 0 Å². The average molecular weight is 225 g/mol. The summed E-state index contributed by atoms with van der Waals surface area (Å²) < 4.78 is 23.8. The topological polar surface area (TPSA) is 50.7 Å². The van der Waals surface area contributed by atoms with Crippen LogP contribution in [0.4, 0.5) is 4.39 Å². The Hall–Kier alpha value is -1.49. The lowest BCUT2D eigenvalue weighted by Crippen LogP contribution is -2.13. The molecule has 2 aliphatic rings. The molecule has 1 fully saturated rings. The number of fused-ring (bicyclic) bond motifs is 1. The Morgan fingerprint density at radius 1 is 1.44 bits per heavy atom. The molecule has 0 spiro atoms. The van der Waals surface area contributed by atoms with Crippen LogP contribution in [0.15, 0.2) is 6.07 Å². The van der Waals surface area contributed by atoms with Crippen LogP contribution in [0, 0.1) is 5.82 Å². The van der Waals surface area contributed by atoms with Crippen molar-refractivity contribution in [1.29, 1.82) is 0 Å². The van der Waals surface area contributed by atoms with Crippen molar-refractivity contribution in [3.05, 3.63) is 17.4 Å². The first kappa shape index (κ1) is 9.72. The number of ether oxygens (including phenoxy) is 2. The average Bonchev–Trinajstić information content (AvgIpc) is 2.92. The van der Waals surface area contributed by atoms with Gasteiger partial charge in [0.05, 0.1) is 0 Å². The number of benzene rings is 1. The molecule has 4 nitrogen and oxygen atoms in total. The first-order valence-corrected chi connectivity index (χ1v) is 5.31. The van der Waals surface area contributed by atoms with E-state index in [1.54, 1.807) is 6.07 Å². The highest BCUT2D eigenvalue weighted by Gasteiger charge is 2.28. The molecule has 1 unspecified atom stereocenters. The van der Waals surface area contributed by atoms with E-state index in [0.717, 1.165) is 19.4 Å². The van der Waals surface area contributed by atoms with Crippen LogP contribution in [0.3, 0.4) is 0 Å². The molecule has 0 aromatic heterocycles. The normalized spacial score (nSPS) is 22.7. The molecule has 86 valence electrons. The number of phenolic OH excluding ortho intramolecular Hbond substituents is 1. The van der Waals surface area contributed by atoms with E-state index in [-0.39, 0.29) is 24.3 Å². The first-order chi connectivity index (χ1) is 7.77. The van der Waals surface area contributed by atoms with Gasteiger partial charge in [0.1, 0.15) is 0 Å². The molecule has 1 atom stereocenters. The Balaban J connectivity index is 2.08. The third-order valence-corrected chi connectivity index (χ3v) is 3.04. The third kappa shape index (κ3) is 1.31. The highest BCUT2D eigenvalue weighted by atomic mass is 19.1. The van der Waals surface area contributed by atoms with Gasteiger partial charge >= 0.3 is 0 Å². The summed E-state index contributed by atoms with van der Waals surface area (Å²) in [6, 6.07) is 1.66. The van der Waals surface area contributed by atoms with E-state index in [0.29, 0.717) is 11.3 Å². The van der Waals surface area contributed by atoms with E-state index in [2.05, 4.69) is 5.32 Å². The van der Waals surface area contributed by atoms with Gasteiger partial charge in [-0.1, -0.05) is 0 Å². The van der Waals surface area contributed by atoms with Crippen molar-refractivity contribution in [2.45, 2.75) is 18.9 Å². The van der Waals surface area contributed by atoms with E-state index >= 15 is 0 Å². The van der Waals surface area contributed by atoms with Gasteiger partial charge in [-0.3, -0.25) is 0 Å². The summed E-state index contributed by atoms with van der Waals surface area (Å²) in [5, 5.41) is 13.0. The predicted molar refractivity (Wildman–Crippen MR) is 54.2 cm³/mol. The predicted octanol–water partition coefficient (Wildman–Crippen LogP) is 1.68. The summed E-state index contributed by atoms with van der Waals surface area (Å²) in [6.07, 6.45) is 1.92. The Morgan fingerprint density at radius 2 is 2.31 bits per heavy atom. The van der Waals surface area contributed by atoms with Gasteiger partial charge in [-0.05, 0) is 25.5 Å². The fraction of sp³-hybridized carbons (Fsp3) is 0.455. The van der Waals surface area contributed by atoms with Gasteiger partial charge < -0.3 is 19.9 Å². The second kappa shape index (κ2) is 3.52. The summed E-state index contributed by atoms with van der Waals surface area (Å²) in [5.74, 6) is -0.666. The zero-order valence-corrected chi connectivity index (χ0v) is 8.62. The lowest BCUT2D eigenvalue weighted by Gasteiger charge is -2.14. The van der Waals surface area contributed by atoms with E-state index in [1.165, 1.54) is 0 Å². The van der Waals surface area contributed by atoms with Gasteiger partial charge in [-0.2, -0.15) is 4.39 Å². The van der Waals surface area contributed by atoms with Crippen LogP contribution in [0.1, 0.15) is 24.4 Å². The lowest BCUT2D eigenvalue weighted by molar-refractivity contribution is 0.170. The molecule has 0 bridgehead atoms. The van der Waals surface area contributed by atoms with E-state index in [1.807, 2.05) is 0 Å². The van der Waals surface area contributed by atoms with Crippen LogP contribution in [0.5, 0.6) is 17.2 Å². The Labute approximate surface area is 92.0 Å². The molecule has 0 radical (unpaired) electrons. The van der Waals surface area contributed by atoms with E-state index in [9.17, 15) is 9.50 Å². The van der Waals surface area contributed by atoms with Gasteiger partial charge in [0.25, 0.3) is 0 Å². The molecule has 1 saturated heterocycles. The zero-order chi connectivity index (χ0) is 11.1. The highest BCUT2D eigenvalue weighted by Crippen LogP contribution is 2.44. The molecule has 1 aromatic carbocycles. The molecule has 0 saturated carbocycles. The van der Waals surface area contributed by atoms with Crippen molar-refractivity contribution in [2.75, 3.05) is 13.3 Å². The van der Waals surface area contributed by atoms with Gasteiger partial charge in [0.2, 0.25) is 18.4 Å². The molecule has 0 aliphatic carbocycles. The van der Waals surface area contributed by atoms with Gasteiger partial charge in [-0.25, -0.2) is 0 Å². The van der Waals surface area contributed by atoms with Gasteiger partial charge in [0, 0.05) is 11.6 Å². The summed E-state index contributed by atoms with van der Waals surface area (Å²) in [6.45, 7) is 0.896. The van der Waals surface area contributed by atoms with Crippen molar-refractivity contribution >= 4 is 0 Å². The number of phenols is 1. The molecule has 2 heterocycles. The van der Waals surface area contributed by atoms with E-state index in [4.69, 9.17) is 9.47 Å². The molecule has 16 heavy (non-hydrogen) atoms. The summed E-state index contributed by atoms with van der Waals surface area (Å²) in [4.78, 5) is 0. The minimum Gasteiger partial charge on any atom is -0.504 e. The fourth-order valence-corrected chi connectivity index (χ4v) is 2.23. The van der Waals surface area contributed by atoms with Crippen LogP contribution in [0.25, 0.3) is 0 Å².